The maximum atomic E-state index is 12.3. The first-order valence-corrected chi connectivity index (χ1v) is 6.26. The zero-order chi connectivity index (χ0) is 15.9. The predicted octanol–water partition coefficient (Wildman–Crippen LogP) is 2.21. The number of nitro benzene ring substituents is 1. The van der Waals surface area contributed by atoms with Crippen LogP contribution >= 0.6 is 0 Å². The number of anilines is 1. The molecule has 1 aliphatic heterocycles. The van der Waals surface area contributed by atoms with Gasteiger partial charge in [0.2, 0.25) is 0 Å². The summed E-state index contributed by atoms with van der Waals surface area (Å²) < 4.78 is 0. The van der Waals surface area contributed by atoms with Crippen LogP contribution in [0.4, 0.5) is 11.4 Å². The number of benzene rings is 2. The van der Waals surface area contributed by atoms with E-state index in [0.29, 0.717) is 6.29 Å². The predicted molar refractivity (Wildman–Crippen MR) is 76.1 cm³/mol. The van der Waals surface area contributed by atoms with Gasteiger partial charge in [-0.05, 0) is 18.2 Å². The van der Waals surface area contributed by atoms with Gasteiger partial charge in [-0.2, -0.15) is 0 Å². The van der Waals surface area contributed by atoms with Crippen LogP contribution in [0.5, 0.6) is 0 Å². The zero-order valence-electron chi connectivity index (χ0n) is 11.1. The number of carbonyl (C=O) groups is 3. The third-order valence-corrected chi connectivity index (χ3v) is 3.38. The number of amides is 2. The highest BCUT2D eigenvalue weighted by Gasteiger charge is 2.37. The molecule has 7 nitrogen and oxygen atoms in total. The lowest BCUT2D eigenvalue weighted by Crippen LogP contribution is -2.30. The fourth-order valence-electron chi connectivity index (χ4n) is 2.36. The van der Waals surface area contributed by atoms with E-state index in [2.05, 4.69) is 0 Å². The number of carbonyl (C=O) groups excluding carboxylic acids is 3. The van der Waals surface area contributed by atoms with Gasteiger partial charge in [-0.15, -0.1) is 0 Å². The van der Waals surface area contributed by atoms with Gasteiger partial charge in [0.25, 0.3) is 17.5 Å². The molecule has 108 valence electrons. The van der Waals surface area contributed by atoms with E-state index >= 15 is 0 Å². The first-order valence-electron chi connectivity index (χ1n) is 6.26. The molecule has 3 rings (SSSR count). The molecule has 0 atom stereocenters. The molecule has 0 aromatic heterocycles. The Morgan fingerprint density at radius 3 is 2.09 bits per heavy atom. The minimum absolute atomic E-state index is 0.0341. The third kappa shape index (κ3) is 1.87. The normalized spacial score (nSPS) is 13.2. The van der Waals surface area contributed by atoms with Crippen LogP contribution in [0.2, 0.25) is 0 Å². The van der Waals surface area contributed by atoms with Crippen molar-refractivity contribution in [2.75, 3.05) is 4.90 Å². The molecule has 22 heavy (non-hydrogen) atoms. The van der Waals surface area contributed by atoms with Gasteiger partial charge in [0.05, 0.1) is 21.7 Å². The molecular weight excluding hydrogens is 288 g/mol. The van der Waals surface area contributed by atoms with E-state index in [9.17, 15) is 24.5 Å². The Bertz CT molecular complexity index is 809. The van der Waals surface area contributed by atoms with E-state index in [1.807, 2.05) is 0 Å². The number of non-ortho nitro benzene ring substituents is 1. The standard InChI is InChI=1S/C15H8N2O5/c18-8-9-7-10(17(21)22)5-6-13(9)16-14(19)11-3-1-2-4-12(11)15(16)20/h1-8H. The summed E-state index contributed by atoms with van der Waals surface area (Å²) in [7, 11) is 0. The Kier molecular flexibility index (Phi) is 3.03. The van der Waals surface area contributed by atoms with Gasteiger partial charge in [-0.1, -0.05) is 12.1 Å². The molecule has 2 aromatic carbocycles. The first-order chi connectivity index (χ1) is 10.5. The van der Waals surface area contributed by atoms with E-state index in [0.717, 1.165) is 17.0 Å². The Hall–Kier alpha value is -3.35. The Balaban J connectivity index is 2.14. The molecule has 0 saturated carbocycles. The van der Waals surface area contributed by atoms with Crippen molar-refractivity contribution in [3.63, 3.8) is 0 Å². The second-order valence-electron chi connectivity index (χ2n) is 4.61. The summed E-state index contributed by atoms with van der Waals surface area (Å²) in [5, 5.41) is 10.8. The van der Waals surface area contributed by atoms with Crippen LogP contribution < -0.4 is 4.90 Å². The highest BCUT2D eigenvalue weighted by molar-refractivity contribution is 6.35. The average Bonchev–Trinajstić information content (AvgIpc) is 2.78. The minimum atomic E-state index is -0.654. The SMILES string of the molecule is O=Cc1cc([N+](=O)[O-])ccc1N1C(=O)c2ccccc2C1=O. The Morgan fingerprint density at radius 2 is 1.59 bits per heavy atom. The Labute approximate surface area is 123 Å². The molecule has 7 heteroatoms. The third-order valence-electron chi connectivity index (χ3n) is 3.38. The molecule has 0 fully saturated rings. The van der Waals surface area contributed by atoms with E-state index < -0.39 is 16.7 Å². The maximum Gasteiger partial charge on any atom is 0.270 e. The zero-order valence-corrected chi connectivity index (χ0v) is 11.1. The van der Waals surface area contributed by atoms with Crippen LogP contribution in [0, 0.1) is 10.1 Å². The second kappa shape index (κ2) is 4.88. The largest absolute Gasteiger partial charge is 0.298 e. The summed E-state index contributed by atoms with van der Waals surface area (Å²) in [6.07, 6.45) is 0.381. The van der Waals surface area contributed by atoms with Crippen LogP contribution in [0.1, 0.15) is 31.1 Å². The summed E-state index contributed by atoms with van der Waals surface area (Å²) >= 11 is 0. The van der Waals surface area contributed by atoms with Crippen molar-refractivity contribution in [3.05, 3.63) is 69.3 Å². The van der Waals surface area contributed by atoms with Crippen molar-refractivity contribution in [2.24, 2.45) is 0 Å². The number of imide groups is 1. The molecule has 0 unspecified atom stereocenters. The van der Waals surface area contributed by atoms with Gasteiger partial charge in [0.15, 0.2) is 6.29 Å². The van der Waals surface area contributed by atoms with Gasteiger partial charge in [-0.25, -0.2) is 4.90 Å². The maximum absolute atomic E-state index is 12.3. The summed E-state index contributed by atoms with van der Waals surface area (Å²) in [5.41, 5.74) is 0.128. The number of fused-ring (bicyclic) bond motifs is 1. The molecule has 1 aliphatic rings. The van der Waals surface area contributed by atoms with Crippen LogP contribution in [0.25, 0.3) is 0 Å². The smallest absolute Gasteiger partial charge is 0.270 e. The van der Waals surface area contributed by atoms with Gasteiger partial charge in [0.1, 0.15) is 0 Å². The van der Waals surface area contributed by atoms with E-state index in [1.54, 1.807) is 12.1 Å². The van der Waals surface area contributed by atoms with E-state index in [4.69, 9.17) is 0 Å². The second-order valence-corrected chi connectivity index (χ2v) is 4.61. The fourth-order valence-corrected chi connectivity index (χ4v) is 2.36. The summed E-state index contributed by atoms with van der Waals surface area (Å²) in [6.45, 7) is 0. The van der Waals surface area contributed by atoms with Crippen LogP contribution in [-0.2, 0) is 0 Å². The molecular formula is C15H8N2O5. The minimum Gasteiger partial charge on any atom is -0.298 e. The van der Waals surface area contributed by atoms with Gasteiger partial charge in [-0.3, -0.25) is 24.5 Å². The quantitative estimate of drug-likeness (QED) is 0.374. The molecule has 1 heterocycles. The highest BCUT2D eigenvalue weighted by Crippen LogP contribution is 2.31. The van der Waals surface area contributed by atoms with Gasteiger partial charge < -0.3 is 0 Å². The lowest BCUT2D eigenvalue weighted by molar-refractivity contribution is -0.384. The number of aldehydes is 1. The number of nitrogens with zero attached hydrogens (tertiary/aromatic N) is 2. The average molecular weight is 296 g/mol. The van der Waals surface area contributed by atoms with Crippen molar-refractivity contribution in [3.8, 4) is 0 Å². The monoisotopic (exact) mass is 296 g/mol. The van der Waals surface area contributed by atoms with Gasteiger partial charge >= 0.3 is 0 Å². The van der Waals surface area contributed by atoms with Crippen molar-refractivity contribution >= 4 is 29.5 Å². The topological polar surface area (TPSA) is 97.6 Å². The summed E-state index contributed by atoms with van der Waals surface area (Å²) in [5.74, 6) is -1.12. The van der Waals surface area contributed by atoms with Crippen LogP contribution in [-0.4, -0.2) is 23.0 Å². The molecule has 0 saturated heterocycles. The molecule has 0 N–H and O–H groups in total. The van der Waals surface area contributed by atoms with Crippen LogP contribution in [0.3, 0.4) is 0 Å². The fraction of sp³-hybridized carbons (Fsp3) is 0. The molecule has 2 amide bonds. The molecule has 0 aliphatic carbocycles. The molecule has 0 spiro atoms. The lowest BCUT2D eigenvalue weighted by Gasteiger charge is -2.15. The molecule has 0 bridgehead atoms. The lowest BCUT2D eigenvalue weighted by atomic mass is 10.1. The number of hydrogen-bond acceptors (Lipinski definition) is 5. The van der Waals surface area contributed by atoms with Crippen molar-refractivity contribution in [1.29, 1.82) is 0 Å². The van der Waals surface area contributed by atoms with E-state index in [1.165, 1.54) is 18.2 Å². The Morgan fingerprint density at radius 1 is 1.00 bits per heavy atom. The van der Waals surface area contributed by atoms with Crippen molar-refractivity contribution < 1.29 is 19.3 Å². The van der Waals surface area contributed by atoms with Crippen LogP contribution in [0.15, 0.2) is 42.5 Å². The van der Waals surface area contributed by atoms with Crippen molar-refractivity contribution in [2.45, 2.75) is 0 Å². The number of rotatable bonds is 3. The molecule has 2 aromatic rings. The van der Waals surface area contributed by atoms with Crippen molar-refractivity contribution in [1.82, 2.24) is 0 Å². The first kappa shape index (κ1) is 13.6. The van der Waals surface area contributed by atoms with E-state index in [-0.39, 0.29) is 28.1 Å². The summed E-state index contributed by atoms with van der Waals surface area (Å²) in [4.78, 5) is 46.8. The number of hydrogen-bond donors (Lipinski definition) is 0. The highest BCUT2D eigenvalue weighted by atomic mass is 16.6. The summed E-state index contributed by atoms with van der Waals surface area (Å²) in [6, 6.07) is 9.69. The van der Waals surface area contributed by atoms with Gasteiger partial charge in [0, 0.05) is 17.7 Å². The molecule has 0 radical (unpaired) electrons. The number of nitro groups is 1.